The third-order valence-electron chi connectivity index (χ3n) is 1.39. The Bertz CT molecular complexity index is 90.4. The first-order valence-corrected chi connectivity index (χ1v) is 2.78. The number of carboxylic acids is 1. The van der Waals surface area contributed by atoms with E-state index in [1.165, 1.54) is 0 Å². The molecule has 8 heavy (non-hydrogen) atoms. The van der Waals surface area contributed by atoms with Crippen LogP contribution in [0.2, 0.25) is 5.82 Å². The fourth-order valence-corrected chi connectivity index (χ4v) is 0.285. The Morgan fingerprint density at radius 2 is 2.00 bits per heavy atom. The van der Waals surface area contributed by atoms with Crippen LogP contribution in [0.25, 0.3) is 0 Å². The minimum Gasteiger partial charge on any atom is -0.481 e. The molecule has 1 N–H and O–H groups in total. The molecular formula is C5H11BO2. The summed E-state index contributed by atoms with van der Waals surface area (Å²) in [5.41, 5.74) is 0. The van der Waals surface area contributed by atoms with Crippen molar-refractivity contribution in [1.29, 1.82) is 0 Å². The molecule has 2 unspecified atom stereocenters. The predicted molar refractivity (Wildman–Crippen MR) is 34.8 cm³/mol. The molecule has 0 saturated heterocycles. The lowest BCUT2D eigenvalue weighted by Gasteiger charge is -2.07. The van der Waals surface area contributed by atoms with Gasteiger partial charge in [0.25, 0.3) is 0 Å². The van der Waals surface area contributed by atoms with Crippen molar-refractivity contribution in [3.05, 3.63) is 0 Å². The molecule has 46 valence electrons. The molecule has 3 heteroatoms. The van der Waals surface area contributed by atoms with E-state index in [-0.39, 0.29) is 11.7 Å². The smallest absolute Gasteiger partial charge is 0.305 e. The van der Waals surface area contributed by atoms with Crippen molar-refractivity contribution < 1.29 is 9.90 Å². The lowest BCUT2D eigenvalue weighted by molar-refractivity contribution is -0.141. The molecule has 0 aromatic rings. The molecule has 0 aromatic carbocycles. The summed E-state index contributed by atoms with van der Waals surface area (Å²) in [6, 6.07) is 0. The van der Waals surface area contributed by atoms with Crippen LogP contribution in [0.3, 0.4) is 0 Å². The molecule has 2 nitrogen and oxygen atoms in total. The van der Waals surface area contributed by atoms with Gasteiger partial charge in [0.15, 0.2) is 0 Å². The molecule has 0 fully saturated rings. The largest absolute Gasteiger partial charge is 0.481 e. The Morgan fingerprint density at radius 3 is 2.00 bits per heavy atom. The van der Waals surface area contributed by atoms with Crippen LogP contribution in [-0.2, 0) is 4.79 Å². The summed E-state index contributed by atoms with van der Waals surface area (Å²) in [6.45, 7) is 3.62. The first-order chi connectivity index (χ1) is 3.55. The highest BCUT2D eigenvalue weighted by atomic mass is 16.4. The second-order valence-electron chi connectivity index (χ2n) is 2.37. The van der Waals surface area contributed by atoms with Crippen LogP contribution in [0.1, 0.15) is 13.8 Å². The molecule has 0 aliphatic carbocycles. The topological polar surface area (TPSA) is 37.3 Å². The summed E-state index contributed by atoms with van der Waals surface area (Å²) in [4.78, 5) is 10.1. The molecule has 0 rings (SSSR count). The lowest BCUT2D eigenvalue weighted by Crippen LogP contribution is -2.13. The predicted octanol–water partition coefficient (Wildman–Crippen LogP) is 0.149. The standard InChI is InChI=1S/C5H11BO2/c1-3(4(2)6)5(7)8/h3-4H,6H2,1-2H3,(H,7,8). The molecule has 0 radical (unpaired) electrons. The van der Waals surface area contributed by atoms with Crippen molar-refractivity contribution in [1.82, 2.24) is 0 Å². The summed E-state index contributed by atoms with van der Waals surface area (Å²) in [6.07, 6.45) is 0. The highest BCUT2D eigenvalue weighted by molar-refractivity contribution is 6.12. The zero-order valence-corrected chi connectivity index (χ0v) is 5.51. The van der Waals surface area contributed by atoms with Gasteiger partial charge in [0.05, 0.1) is 0 Å². The van der Waals surface area contributed by atoms with Gasteiger partial charge < -0.3 is 5.11 Å². The van der Waals surface area contributed by atoms with E-state index in [9.17, 15) is 4.79 Å². The van der Waals surface area contributed by atoms with Crippen molar-refractivity contribution in [3.63, 3.8) is 0 Å². The van der Waals surface area contributed by atoms with E-state index >= 15 is 0 Å². The van der Waals surface area contributed by atoms with Crippen molar-refractivity contribution in [2.75, 3.05) is 0 Å². The van der Waals surface area contributed by atoms with Crippen molar-refractivity contribution >= 4 is 13.8 Å². The van der Waals surface area contributed by atoms with E-state index in [0.717, 1.165) is 0 Å². The molecule has 0 aromatic heterocycles. The van der Waals surface area contributed by atoms with Crippen LogP contribution in [0, 0.1) is 5.92 Å². The SMILES string of the molecule is BC(C)C(C)C(=O)O. The molecule has 0 spiro atoms. The number of hydrogen-bond acceptors (Lipinski definition) is 1. The molecule has 0 amide bonds. The Labute approximate surface area is 50.3 Å². The van der Waals surface area contributed by atoms with Gasteiger partial charge in [-0.05, 0) is 0 Å². The Hall–Kier alpha value is -0.465. The number of aliphatic carboxylic acids is 1. The normalized spacial score (nSPS) is 17.2. The van der Waals surface area contributed by atoms with Crippen molar-refractivity contribution in [2.24, 2.45) is 5.92 Å². The van der Waals surface area contributed by atoms with Crippen molar-refractivity contribution in [3.8, 4) is 0 Å². The minimum absolute atomic E-state index is 0.213. The molecule has 0 saturated carbocycles. The molecule has 2 atom stereocenters. The Balaban J connectivity index is 3.64. The molecule has 0 bridgehead atoms. The summed E-state index contributed by atoms with van der Waals surface area (Å²) < 4.78 is 0. The third kappa shape index (κ3) is 2.00. The van der Waals surface area contributed by atoms with Crippen LogP contribution in [0.15, 0.2) is 0 Å². The Morgan fingerprint density at radius 1 is 1.62 bits per heavy atom. The maximum atomic E-state index is 10.1. The highest BCUT2D eigenvalue weighted by Crippen LogP contribution is 2.11. The van der Waals surface area contributed by atoms with Crippen LogP contribution in [0.5, 0.6) is 0 Å². The van der Waals surface area contributed by atoms with E-state index in [1.54, 1.807) is 6.92 Å². The van der Waals surface area contributed by atoms with E-state index < -0.39 is 5.97 Å². The maximum Gasteiger partial charge on any atom is 0.305 e. The van der Waals surface area contributed by atoms with Gasteiger partial charge in [0, 0.05) is 5.92 Å². The number of rotatable bonds is 2. The summed E-state index contributed by atoms with van der Waals surface area (Å²) >= 11 is 0. The van der Waals surface area contributed by atoms with E-state index in [1.807, 2.05) is 14.8 Å². The minimum atomic E-state index is -0.708. The summed E-state index contributed by atoms with van der Waals surface area (Å²) in [7, 11) is 1.90. The number of carboxylic acid groups (broad SMARTS) is 1. The van der Waals surface area contributed by atoms with Gasteiger partial charge in [-0.2, -0.15) is 0 Å². The molecular weight excluding hydrogens is 103 g/mol. The van der Waals surface area contributed by atoms with Gasteiger partial charge in [-0.3, -0.25) is 4.79 Å². The zero-order valence-electron chi connectivity index (χ0n) is 5.51. The monoisotopic (exact) mass is 114 g/mol. The van der Waals surface area contributed by atoms with Gasteiger partial charge in [-0.25, -0.2) is 0 Å². The van der Waals surface area contributed by atoms with Gasteiger partial charge in [-0.15, -0.1) is 0 Å². The number of carbonyl (C=O) groups is 1. The zero-order chi connectivity index (χ0) is 6.73. The van der Waals surface area contributed by atoms with E-state index in [2.05, 4.69) is 0 Å². The summed E-state index contributed by atoms with van der Waals surface area (Å²) in [5, 5.41) is 8.35. The van der Waals surface area contributed by atoms with Gasteiger partial charge in [0.2, 0.25) is 0 Å². The van der Waals surface area contributed by atoms with E-state index in [4.69, 9.17) is 5.11 Å². The van der Waals surface area contributed by atoms with Crippen LogP contribution >= 0.6 is 0 Å². The van der Waals surface area contributed by atoms with Crippen LogP contribution < -0.4 is 0 Å². The Kier molecular flexibility index (Phi) is 2.59. The van der Waals surface area contributed by atoms with Crippen molar-refractivity contribution in [2.45, 2.75) is 19.7 Å². The molecule has 0 aliphatic heterocycles. The molecule has 0 heterocycles. The fraction of sp³-hybridized carbons (Fsp3) is 0.800. The summed E-state index contributed by atoms with van der Waals surface area (Å²) in [5.74, 6) is -0.678. The highest BCUT2D eigenvalue weighted by Gasteiger charge is 2.13. The third-order valence-corrected chi connectivity index (χ3v) is 1.39. The second kappa shape index (κ2) is 2.75. The van der Waals surface area contributed by atoms with Gasteiger partial charge >= 0.3 is 5.97 Å². The first kappa shape index (κ1) is 7.53. The van der Waals surface area contributed by atoms with Gasteiger partial charge in [0.1, 0.15) is 7.85 Å². The maximum absolute atomic E-state index is 10.1. The quantitative estimate of drug-likeness (QED) is 0.518. The molecule has 0 aliphatic rings. The lowest BCUT2D eigenvalue weighted by atomic mass is 9.79. The second-order valence-corrected chi connectivity index (χ2v) is 2.37. The fourth-order valence-electron chi connectivity index (χ4n) is 0.285. The van der Waals surface area contributed by atoms with Crippen LogP contribution in [0.4, 0.5) is 0 Å². The average molecular weight is 114 g/mol. The number of hydrogen-bond donors (Lipinski definition) is 1. The average Bonchev–Trinajstić information content (AvgIpc) is 1.64. The van der Waals surface area contributed by atoms with Gasteiger partial charge in [-0.1, -0.05) is 19.7 Å². The van der Waals surface area contributed by atoms with Crippen LogP contribution in [-0.4, -0.2) is 18.9 Å². The van der Waals surface area contributed by atoms with E-state index in [0.29, 0.717) is 0 Å². The first-order valence-electron chi connectivity index (χ1n) is 2.78.